The van der Waals surface area contributed by atoms with Gasteiger partial charge >= 0.3 is 0 Å². The summed E-state index contributed by atoms with van der Waals surface area (Å²) in [4.78, 5) is 23.1. The Hall–Kier alpha value is -1.38. The molecule has 0 aromatic rings. The SMILES string of the molecule is CC1(C)CCC=C([C@@H]2CC=C(C(=O)[O-])CC2)C1=O. The van der Waals surface area contributed by atoms with Crippen molar-refractivity contribution in [2.45, 2.75) is 46.0 Å². The number of hydrogen-bond acceptors (Lipinski definition) is 3. The lowest BCUT2D eigenvalue weighted by Gasteiger charge is -2.33. The molecular weight excluding hydrogens is 228 g/mol. The van der Waals surface area contributed by atoms with Crippen LogP contribution in [0.4, 0.5) is 0 Å². The summed E-state index contributed by atoms with van der Waals surface area (Å²) < 4.78 is 0. The second kappa shape index (κ2) is 4.71. The molecule has 0 bridgehead atoms. The average molecular weight is 247 g/mol. The fraction of sp³-hybridized carbons (Fsp3) is 0.600. The molecule has 0 radical (unpaired) electrons. The third-order valence-corrected chi connectivity index (χ3v) is 4.12. The molecule has 0 heterocycles. The number of hydrogen-bond donors (Lipinski definition) is 0. The van der Waals surface area contributed by atoms with Gasteiger partial charge in [0.1, 0.15) is 0 Å². The van der Waals surface area contributed by atoms with E-state index >= 15 is 0 Å². The van der Waals surface area contributed by atoms with Crippen LogP contribution in [0.2, 0.25) is 0 Å². The molecule has 0 aromatic heterocycles. The van der Waals surface area contributed by atoms with Crippen LogP contribution in [-0.4, -0.2) is 11.8 Å². The fourth-order valence-corrected chi connectivity index (χ4v) is 2.84. The van der Waals surface area contributed by atoms with Crippen LogP contribution in [0.15, 0.2) is 23.3 Å². The number of Topliss-reactive ketones (excluding diaryl/α,β-unsaturated/α-hetero) is 1. The van der Waals surface area contributed by atoms with E-state index in [0.717, 1.165) is 24.8 Å². The van der Waals surface area contributed by atoms with Crippen molar-refractivity contribution in [1.82, 2.24) is 0 Å². The van der Waals surface area contributed by atoms with Gasteiger partial charge in [-0.05, 0) is 49.2 Å². The average Bonchev–Trinajstić information content (AvgIpc) is 2.33. The molecule has 1 atom stereocenters. The summed E-state index contributed by atoms with van der Waals surface area (Å²) in [6, 6.07) is 0. The van der Waals surface area contributed by atoms with Crippen molar-refractivity contribution in [3.8, 4) is 0 Å². The van der Waals surface area contributed by atoms with Gasteiger partial charge in [0.2, 0.25) is 0 Å². The summed E-state index contributed by atoms with van der Waals surface area (Å²) in [6.07, 6.45) is 7.53. The Morgan fingerprint density at radius 2 is 2.11 bits per heavy atom. The Balaban J connectivity index is 2.13. The maximum atomic E-state index is 12.3. The van der Waals surface area contributed by atoms with E-state index in [0.29, 0.717) is 18.4 Å². The molecule has 3 nitrogen and oxygen atoms in total. The number of carboxylic acids is 1. The first-order valence-corrected chi connectivity index (χ1v) is 6.57. The highest BCUT2D eigenvalue weighted by atomic mass is 16.4. The number of ketones is 1. The van der Waals surface area contributed by atoms with Crippen LogP contribution in [0.5, 0.6) is 0 Å². The zero-order valence-electron chi connectivity index (χ0n) is 11.0. The van der Waals surface area contributed by atoms with E-state index in [2.05, 4.69) is 6.08 Å². The Morgan fingerprint density at radius 1 is 1.39 bits per heavy atom. The second-order valence-corrected chi connectivity index (χ2v) is 5.90. The molecule has 0 spiro atoms. The van der Waals surface area contributed by atoms with Gasteiger partial charge in [0.05, 0.1) is 5.97 Å². The van der Waals surface area contributed by atoms with Crippen LogP contribution in [0.3, 0.4) is 0 Å². The number of aliphatic carboxylic acids is 1. The minimum atomic E-state index is -1.07. The van der Waals surface area contributed by atoms with Gasteiger partial charge in [-0.15, -0.1) is 0 Å². The lowest BCUT2D eigenvalue weighted by atomic mass is 9.70. The van der Waals surface area contributed by atoms with Crippen LogP contribution < -0.4 is 5.11 Å². The van der Waals surface area contributed by atoms with Crippen molar-refractivity contribution in [2.24, 2.45) is 11.3 Å². The maximum Gasteiger partial charge on any atom is 0.164 e. The zero-order valence-corrected chi connectivity index (χ0v) is 11.0. The molecule has 2 aliphatic rings. The molecular formula is C15H19O3-. The van der Waals surface area contributed by atoms with Crippen LogP contribution in [0, 0.1) is 11.3 Å². The normalized spacial score (nSPS) is 27.4. The number of carboxylic acid groups (broad SMARTS) is 1. The van der Waals surface area contributed by atoms with Crippen molar-refractivity contribution < 1.29 is 14.7 Å². The summed E-state index contributed by atoms with van der Waals surface area (Å²) in [6.45, 7) is 3.99. The van der Waals surface area contributed by atoms with Crippen LogP contribution in [-0.2, 0) is 9.59 Å². The van der Waals surface area contributed by atoms with Gasteiger partial charge in [-0.2, -0.15) is 0 Å². The molecule has 0 aliphatic heterocycles. The molecule has 0 unspecified atom stereocenters. The van der Waals surface area contributed by atoms with E-state index < -0.39 is 5.97 Å². The third kappa shape index (κ3) is 2.40. The first-order chi connectivity index (χ1) is 8.42. The summed E-state index contributed by atoms with van der Waals surface area (Å²) in [5, 5.41) is 10.7. The molecule has 0 fully saturated rings. The standard InChI is InChI=1S/C15H20O3/c1-15(2)9-3-4-12(13(15)16)10-5-7-11(8-6-10)14(17)18/h4,7,10H,3,5-6,8-9H2,1-2H3,(H,17,18)/p-1/t10-/m1/s1. The number of carbonyl (C=O) groups is 2. The van der Waals surface area contributed by atoms with Crippen LogP contribution in [0.25, 0.3) is 0 Å². The van der Waals surface area contributed by atoms with Gasteiger partial charge in [0, 0.05) is 5.41 Å². The molecule has 18 heavy (non-hydrogen) atoms. The van der Waals surface area contributed by atoms with Gasteiger partial charge in [0.25, 0.3) is 0 Å². The molecule has 0 amide bonds. The monoisotopic (exact) mass is 247 g/mol. The van der Waals surface area contributed by atoms with E-state index in [-0.39, 0.29) is 17.1 Å². The highest BCUT2D eigenvalue weighted by Gasteiger charge is 2.35. The number of allylic oxidation sites excluding steroid dienone is 3. The van der Waals surface area contributed by atoms with Crippen molar-refractivity contribution >= 4 is 11.8 Å². The predicted molar refractivity (Wildman–Crippen MR) is 66.5 cm³/mol. The first-order valence-electron chi connectivity index (χ1n) is 6.57. The van der Waals surface area contributed by atoms with E-state index in [1.165, 1.54) is 0 Å². The predicted octanol–water partition coefficient (Wildman–Crippen LogP) is 1.78. The molecule has 0 saturated heterocycles. The van der Waals surface area contributed by atoms with Gasteiger partial charge < -0.3 is 9.90 Å². The molecule has 2 rings (SSSR count). The lowest BCUT2D eigenvalue weighted by molar-refractivity contribution is -0.299. The number of carbonyl (C=O) groups excluding carboxylic acids is 2. The molecule has 0 saturated carbocycles. The fourth-order valence-electron chi connectivity index (χ4n) is 2.84. The zero-order chi connectivity index (χ0) is 13.3. The van der Waals surface area contributed by atoms with Crippen molar-refractivity contribution in [3.05, 3.63) is 23.3 Å². The minimum absolute atomic E-state index is 0.195. The quantitative estimate of drug-likeness (QED) is 0.747. The van der Waals surface area contributed by atoms with E-state index in [4.69, 9.17) is 0 Å². The van der Waals surface area contributed by atoms with Crippen molar-refractivity contribution in [2.75, 3.05) is 0 Å². The van der Waals surface area contributed by atoms with Crippen molar-refractivity contribution in [1.29, 1.82) is 0 Å². The van der Waals surface area contributed by atoms with Gasteiger partial charge in [-0.25, -0.2) is 0 Å². The Kier molecular flexibility index (Phi) is 3.42. The molecule has 0 N–H and O–H groups in total. The maximum absolute atomic E-state index is 12.3. The smallest absolute Gasteiger partial charge is 0.164 e. The molecule has 3 heteroatoms. The highest BCUT2D eigenvalue weighted by molar-refractivity contribution is 6.00. The molecule has 0 aromatic carbocycles. The Bertz CT molecular complexity index is 441. The Morgan fingerprint density at radius 3 is 2.67 bits per heavy atom. The largest absolute Gasteiger partial charge is 0.545 e. The second-order valence-electron chi connectivity index (χ2n) is 5.90. The van der Waals surface area contributed by atoms with Gasteiger partial charge in [-0.3, -0.25) is 4.79 Å². The van der Waals surface area contributed by atoms with Gasteiger partial charge in [-0.1, -0.05) is 26.0 Å². The highest BCUT2D eigenvalue weighted by Crippen LogP contribution is 2.39. The third-order valence-electron chi connectivity index (χ3n) is 4.12. The van der Waals surface area contributed by atoms with E-state index in [1.807, 2.05) is 13.8 Å². The number of rotatable bonds is 2. The minimum Gasteiger partial charge on any atom is -0.545 e. The lowest BCUT2D eigenvalue weighted by Crippen LogP contribution is -2.33. The summed E-state index contributed by atoms with van der Waals surface area (Å²) in [5.41, 5.74) is 1.04. The summed E-state index contributed by atoms with van der Waals surface area (Å²) in [7, 11) is 0. The summed E-state index contributed by atoms with van der Waals surface area (Å²) >= 11 is 0. The van der Waals surface area contributed by atoms with Crippen molar-refractivity contribution in [3.63, 3.8) is 0 Å². The Labute approximate surface area is 108 Å². The summed E-state index contributed by atoms with van der Waals surface area (Å²) in [5.74, 6) is -0.637. The molecule has 98 valence electrons. The molecule has 2 aliphatic carbocycles. The van der Waals surface area contributed by atoms with E-state index in [9.17, 15) is 14.7 Å². The van der Waals surface area contributed by atoms with Crippen LogP contribution in [0.1, 0.15) is 46.0 Å². The van der Waals surface area contributed by atoms with E-state index in [1.54, 1.807) is 6.08 Å². The topological polar surface area (TPSA) is 57.2 Å². The van der Waals surface area contributed by atoms with Crippen LogP contribution >= 0.6 is 0 Å². The first kappa shape index (κ1) is 13.1. The van der Waals surface area contributed by atoms with Gasteiger partial charge in [0.15, 0.2) is 5.78 Å².